The lowest BCUT2D eigenvalue weighted by Gasteiger charge is -2.18. The normalized spacial score (nSPS) is 14.1. The van der Waals surface area contributed by atoms with Crippen LogP contribution in [0.15, 0.2) is 0 Å². The van der Waals surface area contributed by atoms with Crippen molar-refractivity contribution in [2.45, 2.75) is 207 Å². The third-order valence-electron chi connectivity index (χ3n) is 9.91. The predicted octanol–water partition coefficient (Wildman–Crippen LogP) is 12.1. The Hall–Kier alpha value is -2.04. The molecule has 0 spiro atoms. The predicted molar refractivity (Wildman–Crippen MR) is 192 cm³/mol. The Balaban J connectivity index is 1.80. The van der Waals surface area contributed by atoms with Gasteiger partial charge in [0, 0.05) is 16.7 Å². The zero-order chi connectivity index (χ0) is 33.4. The largest absolute Gasteiger partial charge is 0.507 e. The number of phenols is 1. The molecule has 1 atom stereocenters. The average Bonchev–Trinajstić information content (AvgIpc) is 3.40. The Morgan fingerprint density at radius 1 is 0.609 bits per heavy atom. The zero-order valence-electron chi connectivity index (χ0n) is 30.5. The van der Waals surface area contributed by atoms with Gasteiger partial charge in [-0.25, -0.2) is 0 Å². The minimum Gasteiger partial charge on any atom is -0.507 e. The second-order valence-electron chi connectivity index (χ2n) is 14.0. The standard InChI is InChI=1S/C41H70O5/c1-5-8-10-12-14-16-18-19-20-21-22-24-26-28-31-35-34(30-7-3)38(42)33(4)36-37(41(44)46-39(35)36)40(43)45-32-29-27-25-23-17-15-13-11-9-6-2/h37,42H,5-32H2,1-4H3. The van der Waals surface area contributed by atoms with Crippen LogP contribution in [-0.2, 0) is 27.2 Å². The van der Waals surface area contributed by atoms with E-state index in [1.165, 1.54) is 122 Å². The van der Waals surface area contributed by atoms with Gasteiger partial charge in [0.05, 0.1) is 6.61 Å². The zero-order valence-corrected chi connectivity index (χ0v) is 30.5. The topological polar surface area (TPSA) is 72.8 Å². The van der Waals surface area contributed by atoms with Gasteiger partial charge in [0.15, 0.2) is 5.92 Å². The molecule has 0 saturated heterocycles. The van der Waals surface area contributed by atoms with Crippen molar-refractivity contribution in [1.29, 1.82) is 0 Å². The lowest BCUT2D eigenvalue weighted by Crippen LogP contribution is -2.23. The summed E-state index contributed by atoms with van der Waals surface area (Å²) in [6.45, 7) is 8.73. The maximum Gasteiger partial charge on any atom is 0.330 e. The van der Waals surface area contributed by atoms with Crippen LogP contribution in [-0.4, -0.2) is 23.7 Å². The van der Waals surface area contributed by atoms with Crippen LogP contribution in [0.4, 0.5) is 0 Å². The Labute approximate surface area is 283 Å². The number of benzene rings is 1. The van der Waals surface area contributed by atoms with Crippen molar-refractivity contribution >= 4 is 11.9 Å². The molecule has 5 heteroatoms. The van der Waals surface area contributed by atoms with Gasteiger partial charge in [-0.1, -0.05) is 168 Å². The van der Waals surface area contributed by atoms with E-state index in [9.17, 15) is 14.7 Å². The Morgan fingerprint density at radius 3 is 1.50 bits per heavy atom. The fourth-order valence-corrected chi connectivity index (χ4v) is 7.05. The van der Waals surface area contributed by atoms with E-state index in [1.807, 2.05) is 0 Å². The van der Waals surface area contributed by atoms with E-state index < -0.39 is 17.9 Å². The molecule has 1 heterocycles. The van der Waals surface area contributed by atoms with E-state index in [4.69, 9.17) is 9.47 Å². The van der Waals surface area contributed by atoms with Gasteiger partial charge in [-0.05, 0) is 38.2 Å². The summed E-state index contributed by atoms with van der Waals surface area (Å²) in [5.41, 5.74) is 2.89. The number of rotatable bonds is 29. The van der Waals surface area contributed by atoms with Crippen LogP contribution in [0.1, 0.15) is 209 Å². The molecule has 0 saturated carbocycles. The molecular formula is C41H70O5. The Morgan fingerprint density at radius 2 is 1.04 bits per heavy atom. The first-order chi connectivity index (χ1) is 22.5. The molecule has 0 aromatic heterocycles. The van der Waals surface area contributed by atoms with Crippen LogP contribution in [0.2, 0.25) is 0 Å². The molecule has 264 valence electrons. The first-order valence-corrected chi connectivity index (χ1v) is 19.7. The highest BCUT2D eigenvalue weighted by molar-refractivity contribution is 6.06. The van der Waals surface area contributed by atoms with Crippen molar-refractivity contribution in [3.63, 3.8) is 0 Å². The minimum absolute atomic E-state index is 0.215. The Kier molecular flexibility index (Phi) is 21.8. The molecule has 1 N–H and O–H groups in total. The van der Waals surface area contributed by atoms with E-state index in [0.29, 0.717) is 23.5 Å². The molecule has 1 aliphatic heterocycles. The van der Waals surface area contributed by atoms with Crippen molar-refractivity contribution in [2.75, 3.05) is 6.61 Å². The molecule has 0 aliphatic carbocycles. The lowest BCUT2D eigenvalue weighted by atomic mass is 9.87. The van der Waals surface area contributed by atoms with Crippen molar-refractivity contribution in [1.82, 2.24) is 0 Å². The molecule has 46 heavy (non-hydrogen) atoms. The van der Waals surface area contributed by atoms with E-state index in [2.05, 4.69) is 20.8 Å². The van der Waals surface area contributed by atoms with Crippen molar-refractivity contribution in [3.05, 3.63) is 22.3 Å². The van der Waals surface area contributed by atoms with Crippen molar-refractivity contribution < 1.29 is 24.2 Å². The van der Waals surface area contributed by atoms with E-state index in [1.54, 1.807) is 6.92 Å². The fourth-order valence-electron chi connectivity index (χ4n) is 7.05. The van der Waals surface area contributed by atoms with Crippen LogP contribution in [0.3, 0.4) is 0 Å². The molecular weight excluding hydrogens is 572 g/mol. The molecule has 2 rings (SSSR count). The average molecular weight is 643 g/mol. The monoisotopic (exact) mass is 643 g/mol. The molecule has 1 aliphatic rings. The molecule has 0 bridgehead atoms. The van der Waals surface area contributed by atoms with Gasteiger partial charge in [0.25, 0.3) is 0 Å². The van der Waals surface area contributed by atoms with Gasteiger partial charge in [-0.2, -0.15) is 0 Å². The molecule has 1 unspecified atom stereocenters. The quantitative estimate of drug-likeness (QED) is 0.0407. The number of esters is 2. The number of hydrogen-bond acceptors (Lipinski definition) is 5. The second kappa shape index (κ2) is 25.0. The third-order valence-corrected chi connectivity index (χ3v) is 9.91. The summed E-state index contributed by atoms with van der Waals surface area (Å²) >= 11 is 0. The maximum absolute atomic E-state index is 13.2. The van der Waals surface area contributed by atoms with Gasteiger partial charge in [0.1, 0.15) is 11.5 Å². The van der Waals surface area contributed by atoms with Gasteiger partial charge < -0.3 is 14.6 Å². The molecule has 1 aromatic carbocycles. The molecule has 5 nitrogen and oxygen atoms in total. The number of carbonyl (C=O) groups is 2. The number of carbonyl (C=O) groups excluding carboxylic acids is 2. The van der Waals surface area contributed by atoms with Crippen molar-refractivity contribution in [3.8, 4) is 11.5 Å². The van der Waals surface area contributed by atoms with Crippen LogP contribution >= 0.6 is 0 Å². The van der Waals surface area contributed by atoms with Crippen LogP contribution in [0, 0.1) is 6.92 Å². The second-order valence-corrected chi connectivity index (χ2v) is 14.0. The van der Waals surface area contributed by atoms with Crippen LogP contribution in [0.25, 0.3) is 0 Å². The SMILES string of the molecule is CCCCCCCCCCCCCCCCc1c(CCC)c(O)c(C)c2c1OC(=O)C2C(=O)OCCCCCCCCCCCC. The molecule has 0 radical (unpaired) electrons. The number of ether oxygens (including phenoxy) is 2. The summed E-state index contributed by atoms with van der Waals surface area (Å²) in [5.74, 6) is -1.49. The third kappa shape index (κ3) is 14.4. The molecule has 1 aromatic rings. The number of hydrogen-bond donors (Lipinski definition) is 1. The highest BCUT2D eigenvalue weighted by Crippen LogP contribution is 2.47. The summed E-state index contributed by atoms with van der Waals surface area (Å²) in [5, 5.41) is 11.2. The maximum atomic E-state index is 13.2. The number of unbranched alkanes of at least 4 members (excludes halogenated alkanes) is 22. The number of fused-ring (bicyclic) bond motifs is 1. The Bertz CT molecular complexity index is 984. The summed E-state index contributed by atoms with van der Waals surface area (Å²) in [7, 11) is 0. The van der Waals surface area contributed by atoms with E-state index in [-0.39, 0.29) is 5.75 Å². The van der Waals surface area contributed by atoms with Gasteiger partial charge in [-0.3, -0.25) is 9.59 Å². The molecule has 0 fully saturated rings. The smallest absolute Gasteiger partial charge is 0.330 e. The highest BCUT2D eigenvalue weighted by Gasteiger charge is 2.44. The summed E-state index contributed by atoms with van der Waals surface area (Å²) < 4.78 is 11.4. The minimum atomic E-state index is -1.10. The van der Waals surface area contributed by atoms with Crippen LogP contribution < -0.4 is 4.74 Å². The van der Waals surface area contributed by atoms with Gasteiger partial charge in [-0.15, -0.1) is 0 Å². The van der Waals surface area contributed by atoms with Gasteiger partial charge in [0.2, 0.25) is 0 Å². The number of phenolic OH excluding ortho intramolecular Hbond substituents is 1. The molecule has 0 amide bonds. The van der Waals surface area contributed by atoms with E-state index in [0.717, 1.165) is 62.5 Å². The van der Waals surface area contributed by atoms with Crippen molar-refractivity contribution in [2.24, 2.45) is 0 Å². The lowest BCUT2D eigenvalue weighted by molar-refractivity contribution is -0.151. The summed E-state index contributed by atoms with van der Waals surface area (Å²) in [4.78, 5) is 26.2. The van der Waals surface area contributed by atoms with E-state index >= 15 is 0 Å². The highest BCUT2D eigenvalue weighted by atomic mass is 16.6. The number of aromatic hydroxyl groups is 1. The summed E-state index contributed by atoms with van der Waals surface area (Å²) in [6.07, 6.45) is 32.7. The van der Waals surface area contributed by atoms with Crippen LogP contribution in [0.5, 0.6) is 11.5 Å². The fraction of sp³-hybridized carbons (Fsp3) is 0.805. The first-order valence-electron chi connectivity index (χ1n) is 19.7. The first kappa shape index (κ1) is 40.1. The van der Waals surface area contributed by atoms with Gasteiger partial charge >= 0.3 is 11.9 Å². The summed E-state index contributed by atoms with van der Waals surface area (Å²) in [6, 6.07) is 0.